The second-order valence-corrected chi connectivity index (χ2v) is 7.97. The molecule has 2 aromatic carbocycles. The van der Waals surface area contributed by atoms with Crippen LogP contribution in [0.4, 0.5) is 5.69 Å². The maximum Gasteiger partial charge on any atom is 0.251 e. The lowest BCUT2D eigenvalue weighted by Gasteiger charge is -2.14. The van der Waals surface area contributed by atoms with Crippen molar-refractivity contribution in [3.8, 4) is 5.75 Å². The summed E-state index contributed by atoms with van der Waals surface area (Å²) in [5.74, 6) is 1.15. The molecule has 162 valence electrons. The topological polar surface area (TPSA) is 98.1 Å². The molecule has 1 aromatic heterocycles. The molecule has 0 aliphatic heterocycles. The summed E-state index contributed by atoms with van der Waals surface area (Å²) in [6.07, 6.45) is 0. The Balaban J connectivity index is 1.57. The quantitative estimate of drug-likeness (QED) is 0.523. The molecule has 0 saturated carbocycles. The summed E-state index contributed by atoms with van der Waals surface area (Å²) in [5.41, 5.74) is 2.37. The van der Waals surface area contributed by atoms with Crippen LogP contribution in [0.3, 0.4) is 0 Å². The molecule has 1 heterocycles. The minimum atomic E-state index is -0.359. The van der Waals surface area contributed by atoms with Gasteiger partial charge in [-0.25, -0.2) is 0 Å². The first kappa shape index (κ1) is 22.4. The Morgan fingerprint density at radius 3 is 2.58 bits per heavy atom. The van der Waals surface area contributed by atoms with E-state index in [-0.39, 0.29) is 23.6 Å². The minimum Gasteiger partial charge on any atom is -0.497 e. The van der Waals surface area contributed by atoms with Crippen LogP contribution in [0.2, 0.25) is 0 Å². The number of thioether (sulfide) groups is 1. The molecule has 0 saturated heterocycles. The van der Waals surface area contributed by atoms with Crippen LogP contribution in [0.25, 0.3) is 0 Å². The predicted molar refractivity (Wildman–Crippen MR) is 120 cm³/mol. The smallest absolute Gasteiger partial charge is 0.251 e. The highest BCUT2D eigenvalue weighted by molar-refractivity contribution is 7.99. The molecule has 9 heteroatoms. The van der Waals surface area contributed by atoms with Crippen molar-refractivity contribution in [2.45, 2.75) is 25.0 Å². The zero-order valence-electron chi connectivity index (χ0n) is 17.9. The SMILES string of the molecule is COc1ccc(C(=O)N[C@H](C)c2nnc(SCC(=O)Nc3cccc(C)c3)n2C)cc1. The molecule has 0 bridgehead atoms. The average molecular weight is 440 g/mol. The second kappa shape index (κ2) is 10.1. The molecule has 0 spiro atoms. The first-order valence-electron chi connectivity index (χ1n) is 9.71. The van der Waals surface area contributed by atoms with E-state index in [1.165, 1.54) is 11.8 Å². The Labute approximate surface area is 185 Å². The summed E-state index contributed by atoms with van der Waals surface area (Å²) in [6, 6.07) is 14.1. The van der Waals surface area contributed by atoms with Gasteiger partial charge in [0.1, 0.15) is 5.75 Å². The third-order valence-electron chi connectivity index (χ3n) is 4.59. The normalized spacial score (nSPS) is 11.6. The Morgan fingerprint density at radius 2 is 1.90 bits per heavy atom. The zero-order valence-corrected chi connectivity index (χ0v) is 18.7. The first-order chi connectivity index (χ1) is 14.9. The molecule has 3 aromatic rings. The van der Waals surface area contributed by atoms with Gasteiger partial charge in [-0.1, -0.05) is 23.9 Å². The van der Waals surface area contributed by atoms with Crippen LogP contribution in [0.1, 0.15) is 34.7 Å². The van der Waals surface area contributed by atoms with Gasteiger partial charge in [-0.3, -0.25) is 9.59 Å². The summed E-state index contributed by atoms with van der Waals surface area (Å²) in [4.78, 5) is 24.7. The number of amides is 2. The number of anilines is 1. The number of ether oxygens (including phenoxy) is 1. The zero-order chi connectivity index (χ0) is 22.4. The maximum atomic E-state index is 12.5. The first-order valence-corrected chi connectivity index (χ1v) is 10.7. The van der Waals surface area contributed by atoms with Gasteiger partial charge >= 0.3 is 0 Å². The second-order valence-electron chi connectivity index (χ2n) is 7.03. The number of methoxy groups -OCH3 is 1. The van der Waals surface area contributed by atoms with Crippen molar-refractivity contribution < 1.29 is 14.3 Å². The number of nitrogens with zero attached hydrogens (tertiary/aromatic N) is 3. The van der Waals surface area contributed by atoms with Crippen LogP contribution in [0, 0.1) is 6.92 Å². The molecule has 2 amide bonds. The molecule has 8 nitrogen and oxygen atoms in total. The summed E-state index contributed by atoms with van der Waals surface area (Å²) in [6.45, 7) is 3.81. The fourth-order valence-corrected chi connectivity index (χ4v) is 3.68. The highest BCUT2D eigenvalue weighted by atomic mass is 32.2. The van der Waals surface area contributed by atoms with E-state index in [1.807, 2.05) is 45.2 Å². The van der Waals surface area contributed by atoms with Gasteiger partial charge in [0.25, 0.3) is 5.91 Å². The van der Waals surface area contributed by atoms with E-state index in [9.17, 15) is 9.59 Å². The van der Waals surface area contributed by atoms with E-state index in [4.69, 9.17) is 4.74 Å². The molecule has 3 rings (SSSR count). The Bertz CT molecular complexity index is 1070. The van der Waals surface area contributed by atoms with Gasteiger partial charge < -0.3 is 19.9 Å². The fourth-order valence-electron chi connectivity index (χ4n) is 2.97. The Hall–Kier alpha value is -3.33. The van der Waals surface area contributed by atoms with Gasteiger partial charge in [0.2, 0.25) is 5.91 Å². The number of carbonyl (C=O) groups excluding carboxylic acids is 2. The largest absolute Gasteiger partial charge is 0.497 e. The monoisotopic (exact) mass is 439 g/mol. The number of carbonyl (C=O) groups is 2. The van der Waals surface area contributed by atoms with Crippen LogP contribution >= 0.6 is 11.8 Å². The molecular weight excluding hydrogens is 414 g/mol. The molecule has 1 atom stereocenters. The van der Waals surface area contributed by atoms with Gasteiger partial charge in [-0.05, 0) is 55.8 Å². The Kier molecular flexibility index (Phi) is 7.30. The lowest BCUT2D eigenvalue weighted by Crippen LogP contribution is -2.28. The van der Waals surface area contributed by atoms with Crippen LogP contribution in [-0.4, -0.2) is 39.4 Å². The maximum absolute atomic E-state index is 12.5. The van der Waals surface area contributed by atoms with Gasteiger partial charge in [-0.15, -0.1) is 10.2 Å². The van der Waals surface area contributed by atoms with Crippen molar-refractivity contribution in [2.75, 3.05) is 18.2 Å². The van der Waals surface area contributed by atoms with Gasteiger partial charge in [0.15, 0.2) is 11.0 Å². The predicted octanol–water partition coefficient (Wildman–Crippen LogP) is 3.35. The summed E-state index contributed by atoms with van der Waals surface area (Å²) in [7, 11) is 3.39. The van der Waals surface area contributed by atoms with Crippen molar-refractivity contribution >= 4 is 29.3 Å². The fraction of sp³-hybridized carbons (Fsp3) is 0.273. The molecular formula is C22H25N5O3S. The van der Waals surface area contributed by atoms with Crippen LogP contribution in [0.5, 0.6) is 5.75 Å². The molecule has 0 unspecified atom stereocenters. The lowest BCUT2D eigenvalue weighted by atomic mass is 10.2. The van der Waals surface area contributed by atoms with Crippen molar-refractivity contribution in [1.82, 2.24) is 20.1 Å². The van der Waals surface area contributed by atoms with Crippen molar-refractivity contribution in [1.29, 1.82) is 0 Å². The van der Waals surface area contributed by atoms with E-state index in [1.54, 1.807) is 35.9 Å². The number of aromatic nitrogens is 3. The van der Waals surface area contributed by atoms with E-state index >= 15 is 0 Å². The highest BCUT2D eigenvalue weighted by Gasteiger charge is 2.19. The van der Waals surface area contributed by atoms with E-state index < -0.39 is 0 Å². The number of hydrogen-bond donors (Lipinski definition) is 2. The molecule has 31 heavy (non-hydrogen) atoms. The van der Waals surface area contributed by atoms with E-state index in [2.05, 4.69) is 20.8 Å². The molecule has 0 fully saturated rings. The number of nitrogens with one attached hydrogen (secondary N) is 2. The molecule has 0 aliphatic carbocycles. The minimum absolute atomic E-state index is 0.124. The van der Waals surface area contributed by atoms with Gasteiger partial charge in [-0.2, -0.15) is 0 Å². The summed E-state index contributed by atoms with van der Waals surface area (Å²) in [5, 5.41) is 14.7. The van der Waals surface area contributed by atoms with Crippen LogP contribution < -0.4 is 15.4 Å². The van der Waals surface area contributed by atoms with Crippen molar-refractivity contribution in [3.05, 3.63) is 65.5 Å². The third kappa shape index (κ3) is 5.85. The third-order valence-corrected chi connectivity index (χ3v) is 5.61. The summed E-state index contributed by atoms with van der Waals surface area (Å²) >= 11 is 1.29. The molecule has 0 aliphatic rings. The van der Waals surface area contributed by atoms with E-state index in [0.29, 0.717) is 22.3 Å². The number of aryl methyl sites for hydroxylation is 1. The van der Waals surface area contributed by atoms with E-state index in [0.717, 1.165) is 11.3 Å². The average Bonchev–Trinajstić information content (AvgIpc) is 3.12. The number of rotatable bonds is 8. The van der Waals surface area contributed by atoms with Gasteiger partial charge in [0.05, 0.1) is 18.9 Å². The molecule has 2 N–H and O–H groups in total. The summed E-state index contributed by atoms with van der Waals surface area (Å²) < 4.78 is 6.89. The van der Waals surface area contributed by atoms with Crippen molar-refractivity contribution in [2.24, 2.45) is 7.05 Å². The van der Waals surface area contributed by atoms with Gasteiger partial charge in [0, 0.05) is 18.3 Å². The Morgan fingerprint density at radius 1 is 1.16 bits per heavy atom. The highest BCUT2D eigenvalue weighted by Crippen LogP contribution is 2.20. The van der Waals surface area contributed by atoms with Crippen molar-refractivity contribution in [3.63, 3.8) is 0 Å². The molecule has 0 radical (unpaired) electrons. The van der Waals surface area contributed by atoms with Crippen LogP contribution in [0.15, 0.2) is 53.7 Å². The number of benzene rings is 2. The van der Waals surface area contributed by atoms with Crippen LogP contribution in [-0.2, 0) is 11.8 Å². The standard InChI is InChI=1S/C22H25N5O3S/c1-14-6-5-7-17(12-14)24-19(28)13-31-22-26-25-20(27(22)3)15(2)23-21(29)16-8-10-18(30-4)11-9-16/h5-12,15H,13H2,1-4H3,(H,23,29)(H,24,28)/t15-/m1/s1. The number of hydrogen-bond acceptors (Lipinski definition) is 6. The lowest BCUT2D eigenvalue weighted by molar-refractivity contribution is -0.113.